The van der Waals surface area contributed by atoms with E-state index in [1.165, 1.54) is 9.47 Å². The smallest absolute Gasteiger partial charge is 0.293 e. The van der Waals surface area contributed by atoms with Crippen molar-refractivity contribution in [3.8, 4) is 5.75 Å². The van der Waals surface area contributed by atoms with E-state index in [1.807, 2.05) is 24.3 Å². The van der Waals surface area contributed by atoms with Crippen LogP contribution >= 0.6 is 11.6 Å². The fraction of sp³-hybridized carbons (Fsp3) is 0.415. The molecule has 18 heteroatoms. The molecule has 8 rings (SSSR count). The number of hydrogen-bond donors (Lipinski definition) is 2. The molecule has 3 fully saturated rings. The van der Waals surface area contributed by atoms with Crippen molar-refractivity contribution in [3.63, 3.8) is 0 Å². The number of likely N-dealkylation sites (N-methyl/N-ethyl adjacent to an activating group) is 1. The maximum absolute atomic E-state index is 13.3. The average molecular weight is 825 g/mol. The Kier molecular flexibility index (Phi) is 11.0. The van der Waals surface area contributed by atoms with E-state index in [0.717, 1.165) is 74.6 Å². The number of piperazine rings is 1. The molecule has 17 nitrogen and oxygen atoms in total. The zero-order valence-corrected chi connectivity index (χ0v) is 33.8. The molecule has 4 aliphatic rings. The van der Waals surface area contributed by atoms with Crippen LogP contribution in [0.4, 0.5) is 23.1 Å². The van der Waals surface area contributed by atoms with Gasteiger partial charge < -0.3 is 29.3 Å². The molecule has 2 aromatic heterocycles. The summed E-state index contributed by atoms with van der Waals surface area (Å²) < 4.78 is 7.08. The lowest BCUT2D eigenvalue weighted by Gasteiger charge is -2.39. The molecule has 2 N–H and O–H groups in total. The van der Waals surface area contributed by atoms with Crippen LogP contribution in [0, 0.1) is 5.92 Å². The van der Waals surface area contributed by atoms with Crippen LogP contribution in [-0.2, 0) is 21.4 Å². The Morgan fingerprint density at radius 2 is 1.66 bits per heavy atom. The predicted octanol–water partition coefficient (Wildman–Crippen LogP) is 2.63. The number of aryl methyl sites for hydroxylation is 1. The molecular weight excluding hydrogens is 780 g/mol. The maximum Gasteiger partial charge on any atom is 0.293 e. The highest BCUT2D eigenvalue weighted by molar-refractivity contribution is 6.33. The number of piperidine rings is 2. The molecule has 0 bridgehead atoms. The zero-order chi connectivity index (χ0) is 41.5. The Hall–Kier alpha value is -6.07. The number of nitrogens with zero attached hydrogens (tertiary/aromatic N) is 8. The van der Waals surface area contributed by atoms with E-state index >= 15 is 0 Å². The number of carbonyl (C=O) groups excluding carboxylic acids is 5. The molecule has 1 unspecified atom stereocenters. The Morgan fingerprint density at radius 3 is 2.39 bits per heavy atom. The lowest BCUT2D eigenvalue weighted by atomic mass is 9.96. The number of imide groups is 2. The van der Waals surface area contributed by atoms with Crippen LogP contribution in [-0.4, -0.2) is 131 Å². The average Bonchev–Trinajstić information content (AvgIpc) is 3.47. The summed E-state index contributed by atoms with van der Waals surface area (Å²) in [7, 11) is 4.91. The molecule has 308 valence electrons. The quantitative estimate of drug-likeness (QED) is 0.223. The van der Waals surface area contributed by atoms with Crippen molar-refractivity contribution < 1.29 is 28.7 Å². The van der Waals surface area contributed by atoms with Crippen LogP contribution in [0.2, 0.25) is 5.02 Å². The number of halogens is 1. The van der Waals surface area contributed by atoms with Gasteiger partial charge in [-0.05, 0) is 67.6 Å². The van der Waals surface area contributed by atoms with Crippen LogP contribution in [0.3, 0.4) is 0 Å². The third-order valence-corrected chi connectivity index (χ3v) is 11.9. The van der Waals surface area contributed by atoms with Crippen LogP contribution < -0.4 is 30.7 Å². The van der Waals surface area contributed by atoms with E-state index in [9.17, 15) is 28.8 Å². The first-order valence-electron chi connectivity index (χ1n) is 19.7. The second kappa shape index (κ2) is 16.3. The van der Waals surface area contributed by atoms with E-state index < -0.39 is 29.7 Å². The second-order valence-corrected chi connectivity index (χ2v) is 16.0. The minimum atomic E-state index is -0.987. The summed E-state index contributed by atoms with van der Waals surface area (Å²) in [4.78, 5) is 94.1. The van der Waals surface area contributed by atoms with E-state index in [0.29, 0.717) is 33.9 Å². The van der Waals surface area contributed by atoms with E-state index in [1.54, 1.807) is 45.5 Å². The van der Waals surface area contributed by atoms with Gasteiger partial charge in [0, 0.05) is 90.1 Å². The predicted molar refractivity (Wildman–Crippen MR) is 220 cm³/mol. The van der Waals surface area contributed by atoms with Crippen molar-refractivity contribution in [1.29, 1.82) is 0 Å². The van der Waals surface area contributed by atoms with E-state index in [2.05, 4.69) is 30.3 Å². The van der Waals surface area contributed by atoms with Gasteiger partial charge in [0.2, 0.25) is 17.8 Å². The fourth-order valence-corrected chi connectivity index (χ4v) is 8.30. The maximum atomic E-state index is 13.3. The molecule has 0 radical (unpaired) electrons. The Morgan fingerprint density at radius 1 is 0.915 bits per heavy atom. The normalized spacial score (nSPS) is 19.0. The van der Waals surface area contributed by atoms with Gasteiger partial charge in [-0.15, -0.1) is 0 Å². The summed E-state index contributed by atoms with van der Waals surface area (Å²) in [6, 6.07) is 11.5. The van der Waals surface area contributed by atoms with Gasteiger partial charge in [0.25, 0.3) is 23.3 Å². The van der Waals surface area contributed by atoms with Gasteiger partial charge in [-0.2, -0.15) is 4.98 Å². The molecule has 0 spiro atoms. The standard InChI is InChI=1S/C41H45ClN10O7/c1-47(2)35(54)23-59-33-19-25-18-26(4-7-31(25)48(3)40(33)58)44-36-30(42)21-43-41(46-36)51-12-10-24(11-13-51)22-49-14-16-50(17-15-49)27-5-6-28-29(20-27)39(57)52(38(28)56)32-8-9-34(53)45-37(32)55/h4-7,18-21,24,32H,8-17,22-23H2,1-3H3,(H,43,44,46)(H,45,53,55). The van der Waals surface area contributed by atoms with Gasteiger partial charge in [-0.25, -0.2) is 4.98 Å². The fourth-order valence-electron chi connectivity index (χ4n) is 8.16. The number of fused-ring (bicyclic) bond motifs is 2. The largest absolute Gasteiger partial charge is 0.478 e. The first kappa shape index (κ1) is 39.7. The summed E-state index contributed by atoms with van der Waals surface area (Å²) in [5.74, 6) is -0.645. The number of pyridine rings is 1. The van der Waals surface area contributed by atoms with Crippen LogP contribution in [0.25, 0.3) is 10.9 Å². The van der Waals surface area contributed by atoms with Crippen molar-refractivity contribution in [2.75, 3.05) is 81.6 Å². The number of anilines is 4. The third-order valence-electron chi connectivity index (χ3n) is 11.6. The monoisotopic (exact) mass is 824 g/mol. The second-order valence-electron chi connectivity index (χ2n) is 15.6. The van der Waals surface area contributed by atoms with Crippen molar-refractivity contribution in [1.82, 2.24) is 34.6 Å². The van der Waals surface area contributed by atoms with Crippen LogP contribution in [0.15, 0.2) is 53.5 Å². The van der Waals surface area contributed by atoms with Crippen molar-refractivity contribution in [2.45, 2.75) is 31.7 Å². The van der Waals surface area contributed by atoms with Crippen molar-refractivity contribution in [2.24, 2.45) is 13.0 Å². The van der Waals surface area contributed by atoms with E-state index in [4.69, 9.17) is 21.3 Å². The topological polar surface area (TPSA) is 183 Å². The Balaban J connectivity index is 0.842. The molecule has 5 amide bonds. The summed E-state index contributed by atoms with van der Waals surface area (Å²) in [5, 5.41) is 6.64. The lowest BCUT2D eigenvalue weighted by Crippen LogP contribution is -2.54. The first-order valence-corrected chi connectivity index (χ1v) is 20.1. The summed E-state index contributed by atoms with van der Waals surface area (Å²) in [6.45, 7) is 5.58. The van der Waals surface area contributed by atoms with Gasteiger partial charge >= 0.3 is 0 Å². The van der Waals surface area contributed by atoms with Crippen molar-refractivity contribution >= 4 is 75.2 Å². The Bertz CT molecular complexity index is 2420. The molecule has 6 heterocycles. The molecule has 2 aromatic carbocycles. The number of hydrogen-bond acceptors (Lipinski definition) is 13. The number of ether oxygens (including phenoxy) is 1. The highest BCUT2D eigenvalue weighted by Gasteiger charge is 2.45. The van der Waals surface area contributed by atoms with Crippen LogP contribution in [0.1, 0.15) is 46.4 Å². The number of benzene rings is 2. The molecule has 3 saturated heterocycles. The highest BCUT2D eigenvalue weighted by Crippen LogP contribution is 2.32. The van der Waals surface area contributed by atoms with Gasteiger partial charge in [0.05, 0.1) is 22.8 Å². The zero-order valence-electron chi connectivity index (χ0n) is 33.1. The van der Waals surface area contributed by atoms with E-state index in [-0.39, 0.29) is 47.8 Å². The summed E-state index contributed by atoms with van der Waals surface area (Å²) in [5.41, 5.74) is 2.49. The summed E-state index contributed by atoms with van der Waals surface area (Å²) in [6.07, 6.45) is 3.76. The summed E-state index contributed by atoms with van der Waals surface area (Å²) >= 11 is 6.56. The van der Waals surface area contributed by atoms with Gasteiger partial charge in [0.15, 0.2) is 18.2 Å². The molecule has 0 saturated carbocycles. The van der Waals surface area contributed by atoms with Gasteiger partial charge in [-0.1, -0.05) is 11.6 Å². The Labute approximate surface area is 344 Å². The highest BCUT2D eigenvalue weighted by atomic mass is 35.5. The van der Waals surface area contributed by atoms with Crippen LogP contribution in [0.5, 0.6) is 5.75 Å². The number of nitrogens with one attached hydrogen (secondary N) is 2. The van der Waals surface area contributed by atoms with Crippen molar-refractivity contribution in [3.05, 3.63) is 75.2 Å². The first-order chi connectivity index (χ1) is 28.3. The molecule has 1 atom stereocenters. The molecule has 59 heavy (non-hydrogen) atoms. The third kappa shape index (κ3) is 8.04. The number of carbonyl (C=O) groups is 5. The molecule has 4 aromatic rings. The minimum Gasteiger partial charge on any atom is -0.478 e. The number of aromatic nitrogens is 3. The molecule has 0 aliphatic carbocycles. The SMILES string of the molecule is CN(C)C(=O)COc1cc2cc(Nc3nc(N4CCC(CN5CCN(c6ccc7c(c6)C(=O)N(C6CCC(=O)NC6=O)C7=O)CC5)CC4)ncc3Cl)ccc2n(C)c1=O. The lowest BCUT2D eigenvalue weighted by molar-refractivity contribution is -0.136. The number of rotatable bonds is 10. The number of amides is 5. The minimum absolute atomic E-state index is 0.0801. The molecule has 4 aliphatic heterocycles. The molecular formula is C41H45ClN10O7. The van der Waals surface area contributed by atoms with Gasteiger partial charge in [0.1, 0.15) is 11.1 Å². The van der Waals surface area contributed by atoms with Gasteiger partial charge in [-0.3, -0.25) is 43.9 Å².